The maximum absolute atomic E-state index is 12.7. The van der Waals surface area contributed by atoms with Gasteiger partial charge in [-0.3, -0.25) is 9.48 Å². The summed E-state index contributed by atoms with van der Waals surface area (Å²) < 4.78 is 1.68. The Labute approximate surface area is 134 Å². The lowest BCUT2D eigenvalue weighted by Crippen LogP contribution is -2.37. The van der Waals surface area contributed by atoms with Gasteiger partial charge in [-0.25, -0.2) is 4.98 Å². The highest BCUT2D eigenvalue weighted by Gasteiger charge is 2.23. The van der Waals surface area contributed by atoms with Crippen molar-refractivity contribution < 1.29 is 4.79 Å². The lowest BCUT2D eigenvalue weighted by molar-refractivity contribution is -0.133. The Morgan fingerprint density at radius 3 is 3.14 bits per heavy atom. The Morgan fingerprint density at radius 2 is 2.50 bits per heavy atom. The van der Waals surface area contributed by atoms with Crippen LogP contribution in [0.2, 0.25) is 0 Å². The van der Waals surface area contributed by atoms with Crippen LogP contribution >= 0.6 is 11.3 Å². The normalized spacial score (nSPS) is 17.8. The van der Waals surface area contributed by atoms with Crippen LogP contribution in [-0.2, 0) is 17.9 Å². The third-order valence-electron chi connectivity index (χ3n) is 4.03. The van der Waals surface area contributed by atoms with Gasteiger partial charge in [0.2, 0.25) is 5.91 Å². The van der Waals surface area contributed by atoms with Gasteiger partial charge in [-0.1, -0.05) is 0 Å². The van der Waals surface area contributed by atoms with E-state index in [9.17, 15) is 4.79 Å². The first-order valence-corrected chi connectivity index (χ1v) is 8.45. The second-order valence-electron chi connectivity index (χ2n) is 5.70. The first-order valence-electron chi connectivity index (χ1n) is 7.57. The maximum atomic E-state index is 12.7. The molecule has 1 aliphatic rings. The topological polar surface area (TPSA) is 63.1 Å². The van der Waals surface area contributed by atoms with E-state index in [4.69, 9.17) is 0 Å². The quantitative estimate of drug-likeness (QED) is 0.871. The lowest BCUT2D eigenvalue weighted by atomic mass is 10.1. The van der Waals surface area contributed by atoms with E-state index in [1.54, 1.807) is 22.2 Å². The van der Waals surface area contributed by atoms with E-state index in [1.165, 1.54) is 4.88 Å². The number of nitrogens with zero attached hydrogens (tertiary/aromatic N) is 4. The number of rotatable bonds is 6. The zero-order valence-electron chi connectivity index (χ0n) is 12.7. The van der Waals surface area contributed by atoms with Crippen LogP contribution in [0.5, 0.6) is 0 Å². The summed E-state index contributed by atoms with van der Waals surface area (Å²) >= 11 is 1.62. The molecule has 0 aliphatic carbocycles. The fourth-order valence-electron chi connectivity index (χ4n) is 2.72. The number of hydrogen-bond donors (Lipinski definition) is 1. The summed E-state index contributed by atoms with van der Waals surface area (Å²) in [6.07, 6.45) is 4.66. The minimum Gasteiger partial charge on any atom is -0.336 e. The fraction of sp³-hybridized carbons (Fsp3) is 0.533. The molecule has 1 aliphatic heterocycles. The summed E-state index contributed by atoms with van der Waals surface area (Å²) in [4.78, 5) is 20.1. The Kier molecular flexibility index (Phi) is 4.84. The molecule has 7 heteroatoms. The van der Waals surface area contributed by atoms with Crippen LogP contribution < -0.4 is 5.32 Å². The van der Waals surface area contributed by atoms with Crippen molar-refractivity contribution >= 4 is 17.2 Å². The highest BCUT2D eigenvalue weighted by Crippen LogP contribution is 2.18. The highest BCUT2D eigenvalue weighted by atomic mass is 32.1. The van der Waals surface area contributed by atoms with Crippen LogP contribution in [0.1, 0.15) is 17.0 Å². The predicted molar refractivity (Wildman–Crippen MR) is 85.5 cm³/mol. The Bertz CT molecular complexity index is 603. The van der Waals surface area contributed by atoms with Gasteiger partial charge in [-0.05, 0) is 38.4 Å². The molecule has 118 valence electrons. The molecule has 1 N–H and O–H groups in total. The molecule has 0 aromatic carbocycles. The smallest absolute Gasteiger partial charge is 0.244 e. The Morgan fingerprint density at radius 1 is 1.59 bits per heavy atom. The standard InChI is InChI=1S/C15H21N5OS/c1-12-14(22-11-17-12)9-19(8-13-3-5-16-7-13)15(21)10-20-6-2-4-18-20/h2,4,6,11,13,16H,3,5,7-10H2,1H3/t13-/m1/s1. The maximum Gasteiger partial charge on any atom is 0.244 e. The van der Waals surface area contributed by atoms with Crippen molar-refractivity contribution in [3.05, 3.63) is 34.5 Å². The molecule has 0 unspecified atom stereocenters. The third-order valence-corrected chi connectivity index (χ3v) is 4.95. The molecule has 1 fully saturated rings. The van der Waals surface area contributed by atoms with Crippen molar-refractivity contribution in [2.75, 3.05) is 19.6 Å². The van der Waals surface area contributed by atoms with Crippen LogP contribution in [0.3, 0.4) is 0 Å². The van der Waals surface area contributed by atoms with Gasteiger partial charge in [0.05, 0.1) is 17.7 Å². The van der Waals surface area contributed by atoms with Gasteiger partial charge >= 0.3 is 0 Å². The SMILES string of the molecule is Cc1ncsc1CN(C[C@@H]1CCNC1)C(=O)Cn1cccn1. The number of hydrogen-bond acceptors (Lipinski definition) is 5. The fourth-order valence-corrected chi connectivity index (χ4v) is 3.51. The molecule has 2 aromatic rings. The zero-order chi connectivity index (χ0) is 15.4. The van der Waals surface area contributed by atoms with Crippen molar-refractivity contribution in [2.45, 2.75) is 26.4 Å². The molecule has 1 amide bonds. The van der Waals surface area contributed by atoms with E-state index < -0.39 is 0 Å². The molecule has 0 radical (unpaired) electrons. The van der Waals surface area contributed by atoms with Gasteiger partial charge in [0.1, 0.15) is 6.54 Å². The van der Waals surface area contributed by atoms with Crippen LogP contribution in [-0.4, -0.2) is 45.2 Å². The van der Waals surface area contributed by atoms with Crippen LogP contribution in [0.25, 0.3) is 0 Å². The number of carbonyl (C=O) groups is 1. The summed E-state index contributed by atoms with van der Waals surface area (Å²) in [5, 5.41) is 7.50. The predicted octanol–water partition coefficient (Wildman–Crippen LogP) is 1.29. The van der Waals surface area contributed by atoms with Crippen molar-refractivity contribution in [3.63, 3.8) is 0 Å². The molecule has 22 heavy (non-hydrogen) atoms. The number of aryl methyl sites for hydroxylation is 1. The first kappa shape index (κ1) is 15.2. The second-order valence-corrected chi connectivity index (χ2v) is 6.64. The monoisotopic (exact) mass is 319 g/mol. The van der Waals surface area contributed by atoms with E-state index in [-0.39, 0.29) is 5.91 Å². The van der Waals surface area contributed by atoms with Gasteiger partial charge in [0.25, 0.3) is 0 Å². The summed E-state index contributed by atoms with van der Waals surface area (Å²) in [6.45, 7) is 5.78. The van der Waals surface area contributed by atoms with E-state index in [0.717, 1.165) is 31.7 Å². The molecule has 3 rings (SSSR count). The molecule has 1 saturated heterocycles. The van der Waals surface area contributed by atoms with Crippen molar-refractivity contribution in [3.8, 4) is 0 Å². The largest absolute Gasteiger partial charge is 0.336 e. The first-order chi connectivity index (χ1) is 10.7. The third kappa shape index (κ3) is 3.72. The van der Waals surface area contributed by atoms with Gasteiger partial charge < -0.3 is 10.2 Å². The molecular weight excluding hydrogens is 298 g/mol. The van der Waals surface area contributed by atoms with Gasteiger partial charge in [0.15, 0.2) is 0 Å². The average molecular weight is 319 g/mol. The summed E-state index contributed by atoms with van der Waals surface area (Å²) in [5.41, 5.74) is 2.87. The second kappa shape index (κ2) is 7.02. The van der Waals surface area contributed by atoms with E-state index >= 15 is 0 Å². The lowest BCUT2D eigenvalue weighted by Gasteiger charge is -2.25. The van der Waals surface area contributed by atoms with Crippen molar-refractivity contribution in [1.29, 1.82) is 0 Å². The molecule has 1 atom stereocenters. The van der Waals surface area contributed by atoms with E-state index in [1.807, 2.05) is 29.6 Å². The molecule has 3 heterocycles. The van der Waals surface area contributed by atoms with Crippen molar-refractivity contribution in [1.82, 2.24) is 25.0 Å². The van der Waals surface area contributed by atoms with Crippen LogP contribution in [0.4, 0.5) is 0 Å². The molecular formula is C15H21N5OS. The van der Waals surface area contributed by atoms with Gasteiger partial charge in [0, 0.05) is 23.8 Å². The number of amides is 1. The molecule has 2 aromatic heterocycles. The number of nitrogens with one attached hydrogen (secondary N) is 1. The van der Waals surface area contributed by atoms with E-state index in [0.29, 0.717) is 19.0 Å². The molecule has 0 saturated carbocycles. The van der Waals surface area contributed by atoms with Gasteiger partial charge in [-0.15, -0.1) is 11.3 Å². The number of carbonyl (C=O) groups excluding carboxylic acids is 1. The van der Waals surface area contributed by atoms with Crippen LogP contribution in [0, 0.1) is 12.8 Å². The van der Waals surface area contributed by atoms with Crippen LogP contribution in [0.15, 0.2) is 24.0 Å². The molecule has 0 spiro atoms. The summed E-state index contributed by atoms with van der Waals surface area (Å²) in [7, 11) is 0. The number of thiazole rings is 1. The Hall–Kier alpha value is -1.73. The zero-order valence-corrected chi connectivity index (χ0v) is 13.6. The van der Waals surface area contributed by atoms with Crippen molar-refractivity contribution in [2.24, 2.45) is 5.92 Å². The van der Waals surface area contributed by atoms with Gasteiger partial charge in [-0.2, -0.15) is 5.10 Å². The minimum atomic E-state index is 0.114. The highest BCUT2D eigenvalue weighted by molar-refractivity contribution is 7.09. The number of aromatic nitrogens is 3. The summed E-state index contributed by atoms with van der Waals surface area (Å²) in [5.74, 6) is 0.651. The Balaban J connectivity index is 1.69. The summed E-state index contributed by atoms with van der Waals surface area (Å²) in [6, 6.07) is 1.84. The molecule has 0 bridgehead atoms. The minimum absolute atomic E-state index is 0.114. The van der Waals surface area contributed by atoms with E-state index in [2.05, 4.69) is 15.4 Å². The molecule has 6 nitrogen and oxygen atoms in total. The average Bonchev–Trinajstić information content (AvgIpc) is 3.22.